The third kappa shape index (κ3) is 1.87. The van der Waals surface area contributed by atoms with Crippen molar-refractivity contribution in [2.24, 2.45) is 5.92 Å². The van der Waals surface area contributed by atoms with Crippen molar-refractivity contribution in [3.05, 3.63) is 35.9 Å². The first kappa shape index (κ1) is 10.3. The molecule has 2 fully saturated rings. The molecule has 1 aliphatic heterocycles. The molecule has 1 aromatic rings. The van der Waals surface area contributed by atoms with Crippen molar-refractivity contribution >= 4 is 0 Å². The predicted molar refractivity (Wildman–Crippen MR) is 66.3 cm³/mol. The second-order valence-electron chi connectivity index (χ2n) is 5.15. The number of hydrogen-bond acceptors (Lipinski definition) is 2. The van der Waals surface area contributed by atoms with Gasteiger partial charge in [-0.05, 0) is 17.9 Å². The molecule has 2 heteroatoms. The van der Waals surface area contributed by atoms with Crippen LogP contribution in [-0.4, -0.2) is 30.6 Å². The summed E-state index contributed by atoms with van der Waals surface area (Å²) in [7, 11) is 0. The number of rotatable bonds is 2. The number of nitrogens with zero attached hydrogens (tertiary/aromatic N) is 1. The lowest BCUT2D eigenvalue weighted by Gasteiger charge is -2.37. The average Bonchev–Trinajstić information content (AvgIpc) is 3.08. The topological polar surface area (TPSA) is 15.3 Å². The van der Waals surface area contributed by atoms with Crippen molar-refractivity contribution < 1.29 is 0 Å². The van der Waals surface area contributed by atoms with E-state index in [1.807, 2.05) is 0 Å². The van der Waals surface area contributed by atoms with Gasteiger partial charge in [0.25, 0.3) is 0 Å². The molecule has 3 atom stereocenters. The zero-order chi connectivity index (χ0) is 11.0. The van der Waals surface area contributed by atoms with Crippen molar-refractivity contribution in [3.63, 3.8) is 0 Å². The summed E-state index contributed by atoms with van der Waals surface area (Å²) in [5.74, 6) is 0.907. The summed E-state index contributed by atoms with van der Waals surface area (Å²) in [6.45, 7) is 5.82. The SMILES string of the molecule is CC1CC1N1CCNCC1c1ccccc1. The van der Waals surface area contributed by atoms with Gasteiger partial charge < -0.3 is 5.32 Å². The van der Waals surface area contributed by atoms with E-state index in [0.717, 1.165) is 25.0 Å². The van der Waals surface area contributed by atoms with Crippen molar-refractivity contribution in [1.29, 1.82) is 0 Å². The average molecular weight is 216 g/mol. The van der Waals surface area contributed by atoms with Gasteiger partial charge in [0, 0.05) is 31.7 Å². The van der Waals surface area contributed by atoms with Gasteiger partial charge in [-0.3, -0.25) is 4.90 Å². The summed E-state index contributed by atoms with van der Waals surface area (Å²) in [6, 6.07) is 12.4. The van der Waals surface area contributed by atoms with Gasteiger partial charge in [0.15, 0.2) is 0 Å². The van der Waals surface area contributed by atoms with Crippen LogP contribution in [0.5, 0.6) is 0 Å². The monoisotopic (exact) mass is 216 g/mol. The minimum Gasteiger partial charge on any atom is -0.314 e. The van der Waals surface area contributed by atoms with Crippen LogP contribution in [0.15, 0.2) is 30.3 Å². The maximum Gasteiger partial charge on any atom is 0.0476 e. The van der Waals surface area contributed by atoms with Crippen LogP contribution in [0.3, 0.4) is 0 Å². The molecule has 1 aliphatic carbocycles. The van der Waals surface area contributed by atoms with E-state index >= 15 is 0 Å². The highest BCUT2D eigenvalue weighted by molar-refractivity contribution is 5.21. The molecule has 2 nitrogen and oxygen atoms in total. The molecular weight excluding hydrogens is 196 g/mol. The van der Waals surface area contributed by atoms with E-state index < -0.39 is 0 Å². The Morgan fingerprint density at radius 2 is 2.00 bits per heavy atom. The van der Waals surface area contributed by atoms with Crippen LogP contribution >= 0.6 is 0 Å². The van der Waals surface area contributed by atoms with Gasteiger partial charge in [0.05, 0.1) is 0 Å². The highest BCUT2D eigenvalue weighted by Crippen LogP contribution is 2.40. The van der Waals surface area contributed by atoms with Crippen LogP contribution in [0, 0.1) is 5.92 Å². The highest BCUT2D eigenvalue weighted by Gasteiger charge is 2.41. The van der Waals surface area contributed by atoms with Gasteiger partial charge in [0.1, 0.15) is 0 Å². The third-order valence-electron chi connectivity index (χ3n) is 3.96. The number of piperazine rings is 1. The van der Waals surface area contributed by atoms with E-state index in [1.54, 1.807) is 0 Å². The first-order valence-electron chi connectivity index (χ1n) is 6.37. The molecular formula is C14H20N2. The first-order chi connectivity index (χ1) is 7.86. The summed E-state index contributed by atoms with van der Waals surface area (Å²) in [5, 5.41) is 3.52. The minimum atomic E-state index is 0.588. The molecule has 3 rings (SSSR count). The molecule has 1 saturated carbocycles. The Morgan fingerprint density at radius 1 is 1.25 bits per heavy atom. The van der Waals surface area contributed by atoms with Gasteiger partial charge in [-0.1, -0.05) is 37.3 Å². The van der Waals surface area contributed by atoms with Crippen LogP contribution in [0.25, 0.3) is 0 Å². The first-order valence-corrected chi connectivity index (χ1v) is 6.37. The second kappa shape index (κ2) is 4.19. The highest BCUT2D eigenvalue weighted by atomic mass is 15.3. The van der Waals surface area contributed by atoms with Crippen LogP contribution in [0.2, 0.25) is 0 Å². The molecule has 2 aliphatic rings. The molecule has 0 amide bonds. The summed E-state index contributed by atoms with van der Waals surface area (Å²) >= 11 is 0. The van der Waals surface area contributed by atoms with Gasteiger partial charge >= 0.3 is 0 Å². The summed E-state index contributed by atoms with van der Waals surface area (Å²) in [5.41, 5.74) is 1.47. The Balaban J connectivity index is 1.80. The van der Waals surface area contributed by atoms with Gasteiger partial charge in [0.2, 0.25) is 0 Å². The molecule has 16 heavy (non-hydrogen) atoms. The molecule has 0 spiro atoms. The molecule has 1 saturated heterocycles. The van der Waals surface area contributed by atoms with Gasteiger partial charge in [-0.2, -0.15) is 0 Å². The van der Waals surface area contributed by atoms with E-state index in [1.165, 1.54) is 18.5 Å². The van der Waals surface area contributed by atoms with Crippen molar-refractivity contribution in [2.45, 2.75) is 25.4 Å². The minimum absolute atomic E-state index is 0.588. The molecule has 1 heterocycles. The molecule has 1 N–H and O–H groups in total. The zero-order valence-corrected chi connectivity index (χ0v) is 9.89. The van der Waals surface area contributed by atoms with Crippen LogP contribution in [0.1, 0.15) is 24.9 Å². The fraction of sp³-hybridized carbons (Fsp3) is 0.571. The second-order valence-corrected chi connectivity index (χ2v) is 5.15. The third-order valence-corrected chi connectivity index (χ3v) is 3.96. The van der Waals surface area contributed by atoms with Gasteiger partial charge in [-0.25, -0.2) is 0 Å². The number of benzene rings is 1. The molecule has 3 unspecified atom stereocenters. The van der Waals surface area contributed by atoms with E-state index in [9.17, 15) is 0 Å². The van der Waals surface area contributed by atoms with Crippen molar-refractivity contribution in [2.75, 3.05) is 19.6 Å². The summed E-state index contributed by atoms with van der Waals surface area (Å²) in [6.07, 6.45) is 1.39. The smallest absolute Gasteiger partial charge is 0.0476 e. The Bertz CT molecular complexity index is 349. The van der Waals surface area contributed by atoms with Gasteiger partial charge in [-0.15, -0.1) is 0 Å². The maximum atomic E-state index is 3.52. The number of nitrogens with one attached hydrogen (secondary N) is 1. The predicted octanol–water partition coefficient (Wildman–Crippen LogP) is 2.04. The van der Waals surface area contributed by atoms with Crippen LogP contribution in [-0.2, 0) is 0 Å². The summed E-state index contributed by atoms with van der Waals surface area (Å²) in [4.78, 5) is 2.70. The van der Waals surface area contributed by atoms with Crippen LogP contribution < -0.4 is 5.32 Å². The molecule has 86 valence electrons. The van der Waals surface area contributed by atoms with Crippen molar-refractivity contribution in [3.8, 4) is 0 Å². The standard InChI is InChI=1S/C14H20N2/c1-11-9-13(11)16-8-7-15-10-14(16)12-5-3-2-4-6-12/h2-6,11,13-15H,7-10H2,1H3. The Hall–Kier alpha value is -0.860. The molecule has 0 bridgehead atoms. The normalized spacial score (nSPS) is 34.9. The van der Waals surface area contributed by atoms with Crippen LogP contribution in [0.4, 0.5) is 0 Å². The zero-order valence-electron chi connectivity index (χ0n) is 9.89. The fourth-order valence-electron chi connectivity index (χ4n) is 2.87. The molecule has 0 radical (unpaired) electrons. The van der Waals surface area contributed by atoms with E-state index in [4.69, 9.17) is 0 Å². The Morgan fingerprint density at radius 3 is 2.69 bits per heavy atom. The Labute approximate surface area is 97.6 Å². The van der Waals surface area contributed by atoms with E-state index in [2.05, 4.69) is 47.5 Å². The number of hydrogen-bond donors (Lipinski definition) is 1. The largest absolute Gasteiger partial charge is 0.314 e. The van der Waals surface area contributed by atoms with E-state index in [0.29, 0.717) is 6.04 Å². The molecule has 0 aromatic heterocycles. The Kier molecular flexibility index (Phi) is 2.70. The lowest BCUT2D eigenvalue weighted by Crippen LogP contribution is -2.47. The fourth-order valence-corrected chi connectivity index (χ4v) is 2.87. The quantitative estimate of drug-likeness (QED) is 0.814. The molecule has 1 aromatic carbocycles. The lowest BCUT2D eigenvalue weighted by atomic mass is 10.0. The van der Waals surface area contributed by atoms with Crippen molar-refractivity contribution in [1.82, 2.24) is 10.2 Å². The maximum absolute atomic E-state index is 3.52. The summed E-state index contributed by atoms with van der Waals surface area (Å²) < 4.78 is 0. The van der Waals surface area contributed by atoms with E-state index in [-0.39, 0.29) is 0 Å². The lowest BCUT2D eigenvalue weighted by molar-refractivity contribution is 0.146.